The summed E-state index contributed by atoms with van der Waals surface area (Å²) in [4.78, 5) is 8.40. The first kappa shape index (κ1) is 14.7. The molecule has 2 heterocycles. The standard InChI is InChI=1S/C18H17N5/c19-8-14-6-15(11-23-18(14)20)16-7-17(12-21-10-16)22-9-13-4-2-1-3-5-13/h1-8,10-12,19,22H,9H2,(H2,20,23). The van der Waals surface area contributed by atoms with Gasteiger partial charge in [0.25, 0.3) is 0 Å². The summed E-state index contributed by atoms with van der Waals surface area (Å²) in [5, 5.41) is 10.7. The van der Waals surface area contributed by atoms with Crippen LogP contribution in [0.15, 0.2) is 61.1 Å². The fourth-order valence-electron chi connectivity index (χ4n) is 2.26. The molecule has 0 aliphatic rings. The van der Waals surface area contributed by atoms with Crippen LogP contribution < -0.4 is 11.1 Å². The fraction of sp³-hybridized carbons (Fsp3) is 0.0556. The zero-order valence-electron chi connectivity index (χ0n) is 12.5. The molecule has 0 atom stereocenters. The van der Waals surface area contributed by atoms with Gasteiger partial charge < -0.3 is 16.5 Å². The molecule has 23 heavy (non-hydrogen) atoms. The summed E-state index contributed by atoms with van der Waals surface area (Å²) in [5.41, 5.74) is 10.3. The monoisotopic (exact) mass is 303 g/mol. The second-order valence-corrected chi connectivity index (χ2v) is 5.14. The van der Waals surface area contributed by atoms with Crippen molar-refractivity contribution in [3.05, 3.63) is 72.2 Å². The van der Waals surface area contributed by atoms with E-state index in [0.717, 1.165) is 23.4 Å². The molecule has 0 saturated carbocycles. The van der Waals surface area contributed by atoms with Gasteiger partial charge in [0, 0.05) is 48.0 Å². The minimum Gasteiger partial charge on any atom is -0.383 e. The van der Waals surface area contributed by atoms with E-state index >= 15 is 0 Å². The molecule has 0 bridgehead atoms. The molecule has 0 fully saturated rings. The highest BCUT2D eigenvalue weighted by atomic mass is 14.9. The van der Waals surface area contributed by atoms with Crippen LogP contribution in [0.2, 0.25) is 0 Å². The van der Waals surface area contributed by atoms with E-state index in [9.17, 15) is 0 Å². The van der Waals surface area contributed by atoms with Gasteiger partial charge in [-0.1, -0.05) is 30.3 Å². The summed E-state index contributed by atoms with van der Waals surface area (Å²) >= 11 is 0. The van der Waals surface area contributed by atoms with Gasteiger partial charge in [-0.3, -0.25) is 4.98 Å². The summed E-state index contributed by atoms with van der Waals surface area (Å²) in [7, 11) is 0. The second kappa shape index (κ2) is 6.70. The molecule has 0 unspecified atom stereocenters. The molecule has 0 saturated heterocycles. The number of nitrogens with one attached hydrogen (secondary N) is 2. The van der Waals surface area contributed by atoms with Crippen molar-refractivity contribution in [3.63, 3.8) is 0 Å². The normalized spacial score (nSPS) is 10.3. The van der Waals surface area contributed by atoms with E-state index in [1.807, 2.05) is 30.3 Å². The van der Waals surface area contributed by atoms with Crippen LogP contribution in [-0.4, -0.2) is 16.2 Å². The van der Waals surface area contributed by atoms with Crippen LogP contribution in [0, 0.1) is 5.41 Å². The van der Waals surface area contributed by atoms with Gasteiger partial charge in [0.15, 0.2) is 0 Å². The molecular weight excluding hydrogens is 286 g/mol. The van der Waals surface area contributed by atoms with Gasteiger partial charge in [0.05, 0.1) is 5.69 Å². The lowest BCUT2D eigenvalue weighted by atomic mass is 10.1. The number of hydrogen-bond acceptors (Lipinski definition) is 5. The number of nitrogens with two attached hydrogens (primary N) is 1. The number of aromatic nitrogens is 2. The molecule has 0 amide bonds. The molecule has 5 nitrogen and oxygen atoms in total. The smallest absolute Gasteiger partial charge is 0.132 e. The molecule has 0 aliphatic heterocycles. The van der Waals surface area contributed by atoms with Crippen molar-refractivity contribution in [3.8, 4) is 11.1 Å². The van der Waals surface area contributed by atoms with Crippen molar-refractivity contribution in [2.24, 2.45) is 0 Å². The predicted molar refractivity (Wildman–Crippen MR) is 93.5 cm³/mol. The Morgan fingerprint density at radius 2 is 1.83 bits per heavy atom. The van der Waals surface area contributed by atoms with Crippen LogP contribution in [0.25, 0.3) is 11.1 Å². The summed E-state index contributed by atoms with van der Waals surface area (Å²) in [6.45, 7) is 0.734. The SMILES string of the molecule is N=Cc1cc(-c2cncc(NCc3ccccc3)c2)cnc1N. The first-order chi connectivity index (χ1) is 11.3. The third kappa shape index (κ3) is 3.52. The molecule has 2 aromatic heterocycles. The zero-order valence-corrected chi connectivity index (χ0v) is 12.5. The average molecular weight is 303 g/mol. The van der Waals surface area contributed by atoms with E-state index in [1.165, 1.54) is 11.8 Å². The van der Waals surface area contributed by atoms with Crippen LogP contribution in [0.5, 0.6) is 0 Å². The lowest BCUT2D eigenvalue weighted by Gasteiger charge is -2.09. The van der Waals surface area contributed by atoms with Crippen LogP contribution in [0.3, 0.4) is 0 Å². The Balaban J connectivity index is 1.81. The molecule has 0 spiro atoms. The third-order valence-electron chi connectivity index (χ3n) is 3.52. The second-order valence-electron chi connectivity index (χ2n) is 5.14. The molecule has 1 aromatic carbocycles. The largest absolute Gasteiger partial charge is 0.383 e. The van der Waals surface area contributed by atoms with Crippen LogP contribution >= 0.6 is 0 Å². The van der Waals surface area contributed by atoms with Crippen LogP contribution in [0.4, 0.5) is 11.5 Å². The molecule has 0 radical (unpaired) electrons. The first-order valence-electron chi connectivity index (χ1n) is 7.25. The quantitative estimate of drug-likeness (QED) is 0.631. The van der Waals surface area contributed by atoms with E-state index in [-0.39, 0.29) is 0 Å². The van der Waals surface area contributed by atoms with Gasteiger partial charge in [0.2, 0.25) is 0 Å². The van der Waals surface area contributed by atoms with Crippen molar-refractivity contribution >= 4 is 17.7 Å². The summed E-state index contributed by atoms with van der Waals surface area (Å²) in [6.07, 6.45) is 6.46. The van der Waals surface area contributed by atoms with Crippen LogP contribution in [0.1, 0.15) is 11.1 Å². The lowest BCUT2D eigenvalue weighted by Crippen LogP contribution is -2.00. The number of nitrogens with zero attached hydrogens (tertiary/aromatic N) is 2. The van der Waals surface area contributed by atoms with Gasteiger partial charge >= 0.3 is 0 Å². The van der Waals surface area contributed by atoms with Gasteiger partial charge in [-0.25, -0.2) is 4.98 Å². The predicted octanol–water partition coefficient (Wildman–Crippen LogP) is 3.34. The Hall–Kier alpha value is -3.21. The maximum absolute atomic E-state index is 7.37. The fourth-order valence-corrected chi connectivity index (χ4v) is 2.26. The van der Waals surface area contributed by atoms with Crippen molar-refractivity contribution in [2.45, 2.75) is 6.54 Å². The Morgan fingerprint density at radius 1 is 1.04 bits per heavy atom. The van der Waals surface area contributed by atoms with Gasteiger partial charge in [0.1, 0.15) is 5.82 Å². The highest BCUT2D eigenvalue weighted by Crippen LogP contribution is 2.23. The van der Waals surface area contributed by atoms with E-state index in [1.54, 1.807) is 18.6 Å². The highest BCUT2D eigenvalue weighted by Gasteiger charge is 2.04. The molecule has 114 valence electrons. The summed E-state index contributed by atoms with van der Waals surface area (Å²) in [6, 6.07) is 14.0. The third-order valence-corrected chi connectivity index (χ3v) is 3.52. The number of hydrogen-bond donors (Lipinski definition) is 3. The topological polar surface area (TPSA) is 87.7 Å². The zero-order chi connectivity index (χ0) is 16.1. The number of nitrogen functional groups attached to an aromatic ring is 1. The Kier molecular flexibility index (Phi) is 4.29. The van der Waals surface area contributed by atoms with Crippen LogP contribution in [-0.2, 0) is 6.54 Å². The molecular formula is C18H17N5. The van der Waals surface area contributed by atoms with Crippen molar-refractivity contribution in [1.82, 2.24) is 9.97 Å². The first-order valence-corrected chi connectivity index (χ1v) is 7.25. The van der Waals surface area contributed by atoms with Crippen molar-refractivity contribution < 1.29 is 0 Å². The van der Waals surface area contributed by atoms with E-state index in [4.69, 9.17) is 11.1 Å². The number of anilines is 2. The minimum absolute atomic E-state index is 0.357. The maximum atomic E-state index is 7.37. The highest BCUT2D eigenvalue weighted by molar-refractivity contribution is 5.86. The Morgan fingerprint density at radius 3 is 2.61 bits per heavy atom. The molecule has 3 rings (SSSR count). The van der Waals surface area contributed by atoms with Gasteiger partial charge in [-0.05, 0) is 17.7 Å². The Bertz CT molecular complexity index is 815. The number of benzene rings is 1. The molecule has 3 aromatic rings. The Labute approximate surface area is 134 Å². The molecule has 4 N–H and O–H groups in total. The average Bonchev–Trinajstić information content (AvgIpc) is 2.61. The van der Waals surface area contributed by atoms with Crippen molar-refractivity contribution in [2.75, 3.05) is 11.1 Å². The van der Waals surface area contributed by atoms with E-state index in [2.05, 4.69) is 27.4 Å². The molecule has 0 aliphatic carbocycles. The minimum atomic E-state index is 0.357. The van der Waals surface area contributed by atoms with E-state index < -0.39 is 0 Å². The lowest BCUT2D eigenvalue weighted by molar-refractivity contribution is 1.14. The maximum Gasteiger partial charge on any atom is 0.132 e. The summed E-state index contributed by atoms with van der Waals surface area (Å²) < 4.78 is 0. The molecule has 5 heteroatoms. The summed E-state index contributed by atoms with van der Waals surface area (Å²) in [5.74, 6) is 0.357. The van der Waals surface area contributed by atoms with E-state index in [0.29, 0.717) is 11.4 Å². The van der Waals surface area contributed by atoms with Gasteiger partial charge in [-0.2, -0.15) is 0 Å². The van der Waals surface area contributed by atoms with Gasteiger partial charge in [-0.15, -0.1) is 0 Å². The number of pyridine rings is 2. The van der Waals surface area contributed by atoms with Crippen molar-refractivity contribution in [1.29, 1.82) is 5.41 Å². The number of rotatable bonds is 5.